The van der Waals surface area contributed by atoms with Crippen LogP contribution in [-0.4, -0.2) is 11.5 Å². The Kier molecular flexibility index (Phi) is 4.99. The van der Waals surface area contributed by atoms with Crippen LogP contribution in [0.1, 0.15) is 31.1 Å². The molecule has 0 spiro atoms. The van der Waals surface area contributed by atoms with Crippen LogP contribution >= 0.6 is 11.6 Å². The van der Waals surface area contributed by atoms with Gasteiger partial charge in [0, 0.05) is 11.1 Å². The average molecular weight is 291 g/mol. The van der Waals surface area contributed by atoms with Crippen molar-refractivity contribution in [3.05, 3.63) is 52.8 Å². The van der Waals surface area contributed by atoms with Crippen LogP contribution in [0.15, 0.2) is 36.5 Å². The van der Waals surface area contributed by atoms with E-state index in [1.54, 1.807) is 6.20 Å². The van der Waals surface area contributed by atoms with Crippen LogP contribution in [0.5, 0.6) is 11.5 Å². The number of benzene rings is 1. The largest absolute Gasteiger partial charge is 0.456 e. The van der Waals surface area contributed by atoms with Crippen molar-refractivity contribution in [2.45, 2.75) is 26.8 Å². The number of aromatic nitrogens is 1. The predicted octanol–water partition coefficient (Wildman–Crippen LogP) is 4.51. The van der Waals surface area contributed by atoms with Crippen LogP contribution in [-0.2, 0) is 0 Å². The van der Waals surface area contributed by atoms with Crippen molar-refractivity contribution in [3.8, 4) is 11.5 Å². The smallest absolute Gasteiger partial charge is 0.145 e. The van der Waals surface area contributed by atoms with Crippen molar-refractivity contribution in [2.24, 2.45) is 0 Å². The van der Waals surface area contributed by atoms with Gasteiger partial charge in [-0.3, -0.25) is 4.98 Å². The summed E-state index contributed by atoms with van der Waals surface area (Å²) in [7, 11) is 0. The van der Waals surface area contributed by atoms with Crippen molar-refractivity contribution >= 4 is 11.6 Å². The van der Waals surface area contributed by atoms with Gasteiger partial charge >= 0.3 is 0 Å². The Morgan fingerprint density at radius 2 is 2.00 bits per heavy atom. The summed E-state index contributed by atoms with van der Waals surface area (Å²) < 4.78 is 5.77. The van der Waals surface area contributed by atoms with Gasteiger partial charge in [0.15, 0.2) is 0 Å². The van der Waals surface area contributed by atoms with E-state index in [1.165, 1.54) is 0 Å². The van der Waals surface area contributed by atoms with Crippen molar-refractivity contribution in [2.75, 3.05) is 6.54 Å². The molecule has 4 heteroatoms. The molecule has 0 fully saturated rings. The number of hydrogen-bond donors (Lipinski definition) is 1. The molecule has 106 valence electrons. The van der Waals surface area contributed by atoms with Crippen LogP contribution in [0.3, 0.4) is 0 Å². The van der Waals surface area contributed by atoms with Crippen molar-refractivity contribution in [1.29, 1.82) is 0 Å². The minimum absolute atomic E-state index is 0.242. The summed E-state index contributed by atoms with van der Waals surface area (Å²) >= 11 is 5.99. The van der Waals surface area contributed by atoms with E-state index in [9.17, 15) is 0 Å². The molecule has 3 nitrogen and oxygen atoms in total. The first-order chi connectivity index (χ1) is 9.60. The summed E-state index contributed by atoms with van der Waals surface area (Å²) in [5, 5.41) is 4.07. The summed E-state index contributed by atoms with van der Waals surface area (Å²) in [6.45, 7) is 7.05. The zero-order valence-electron chi connectivity index (χ0n) is 12.0. The van der Waals surface area contributed by atoms with Crippen molar-refractivity contribution in [3.63, 3.8) is 0 Å². The van der Waals surface area contributed by atoms with Crippen molar-refractivity contribution in [1.82, 2.24) is 10.3 Å². The fraction of sp³-hybridized carbons (Fsp3) is 0.312. The number of aryl methyl sites for hydroxylation is 1. The van der Waals surface area contributed by atoms with Gasteiger partial charge in [-0.2, -0.15) is 0 Å². The number of rotatable bonds is 5. The summed E-state index contributed by atoms with van der Waals surface area (Å²) in [6.07, 6.45) is 1.74. The third kappa shape index (κ3) is 3.71. The first-order valence-electron chi connectivity index (χ1n) is 6.73. The molecule has 1 atom stereocenters. The SMILES string of the molecule is CCNC(C)c1ccc(Oc2ccc(Cl)c(C)c2)cn1. The summed E-state index contributed by atoms with van der Waals surface area (Å²) in [6, 6.07) is 9.75. The molecule has 20 heavy (non-hydrogen) atoms. The number of pyridine rings is 1. The topological polar surface area (TPSA) is 34.1 Å². The average Bonchev–Trinajstić information content (AvgIpc) is 2.44. The van der Waals surface area contributed by atoms with Gasteiger partial charge in [-0.15, -0.1) is 0 Å². The molecule has 1 aromatic heterocycles. The molecular weight excluding hydrogens is 272 g/mol. The zero-order valence-corrected chi connectivity index (χ0v) is 12.7. The molecule has 0 bridgehead atoms. The van der Waals surface area contributed by atoms with E-state index >= 15 is 0 Å². The zero-order chi connectivity index (χ0) is 14.5. The lowest BCUT2D eigenvalue weighted by molar-refractivity contribution is 0.478. The highest BCUT2D eigenvalue weighted by molar-refractivity contribution is 6.31. The molecular formula is C16H19ClN2O. The molecule has 0 aliphatic rings. The quantitative estimate of drug-likeness (QED) is 0.880. The van der Waals surface area contributed by atoms with Crippen LogP contribution in [0, 0.1) is 6.92 Å². The summed E-state index contributed by atoms with van der Waals surface area (Å²) in [4.78, 5) is 4.42. The maximum absolute atomic E-state index is 5.99. The molecule has 0 aliphatic carbocycles. The van der Waals surface area contributed by atoms with Crippen molar-refractivity contribution < 1.29 is 4.74 Å². The molecule has 1 aromatic carbocycles. The number of nitrogens with one attached hydrogen (secondary N) is 1. The normalized spacial score (nSPS) is 12.2. The molecule has 1 heterocycles. The lowest BCUT2D eigenvalue weighted by Crippen LogP contribution is -2.18. The highest BCUT2D eigenvalue weighted by Gasteiger charge is 2.06. The number of hydrogen-bond acceptors (Lipinski definition) is 3. The minimum atomic E-state index is 0.242. The molecule has 0 saturated carbocycles. The second-order valence-electron chi connectivity index (χ2n) is 4.71. The lowest BCUT2D eigenvalue weighted by atomic mass is 10.2. The van der Waals surface area contributed by atoms with E-state index in [1.807, 2.05) is 37.3 Å². The van der Waals surface area contributed by atoms with Gasteiger partial charge in [0.2, 0.25) is 0 Å². The van der Waals surface area contributed by atoms with E-state index in [4.69, 9.17) is 16.3 Å². The number of halogens is 1. The third-order valence-electron chi connectivity index (χ3n) is 3.08. The lowest BCUT2D eigenvalue weighted by Gasteiger charge is -2.12. The van der Waals surface area contributed by atoms with Crippen LogP contribution in [0.2, 0.25) is 5.02 Å². The highest BCUT2D eigenvalue weighted by Crippen LogP contribution is 2.26. The van der Waals surface area contributed by atoms with Gasteiger partial charge in [0.25, 0.3) is 0 Å². The van der Waals surface area contributed by atoms with E-state index in [0.717, 1.165) is 34.3 Å². The Morgan fingerprint density at radius 1 is 1.25 bits per heavy atom. The molecule has 0 aliphatic heterocycles. The van der Waals surface area contributed by atoms with Gasteiger partial charge < -0.3 is 10.1 Å². The van der Waals surface area contributed by atoms with Gasteiger partial charge in [-0.1, -0.05) is 18.5 Å². The number of ether oxygens (including phenoxy) is 1. The maximum atomic E-state index is 5.99. The Balaban J connectivity index is 2.08. The molecule has 2 aromatic rings. The van der Waals surface area contributed by atoms with Gasteiger partial charge in [-0.05, 0) is 56.3 Å². The first-order valence-corrected chi connectivity index (χ1v) is 7.11. The second-order valence-corrected chi connectivity index (χ2v) is 5.12. The fourth-order valence-electron chi connectivity index (χ4n) is 1.94. The molecule has 1 N–H and O–H groups in total. The standard InChI is InChI=1S/C16H19ClN2O/c1-4-18-12(3)16-8-6-14(10-19-16)20-13-5-7-15(17)11(2)9-13/h5-10,12,18H,4H2,1-3H3. The van der Waals surface area contributed by atoms with Gasteiger partial charge in [-0.25, -0.2) is 0 Å². The van der Waals surface area contributed by atoms with Gasteiger partial charge in [0.1, 0.15) is 11.5 Å². The van der Waals surface area contributed by atoms with Crippen LogP contribution in [0.4, 0.5) is 0 Å². The van der Waals surface area contributed by atoms with Crippen LogP contribution < -0.4 is 10.1 Å². The second kappa shape index (κ2) is 6.73. The predicted molar refractivity (Wildman–Crippen MR) is 82.6 cm³/mol. The van der Waals surface area contributed by atoms with E-state index in [0.29, 0.717) is 0 Å². The molecule has 0 radical (unpaired) electrons. The Hall–Kier alpha value is -1.58. The maximum Gasteiger partial charge on any atom is 0.145 e. The monoisotopic (exact) mass is 290 g/mol. The van der Waals surface area contributed by atoms with E-state index in [2.05, 4.69) is 24.1 Å². The van der Waals surface area contributed by atoms with E-state index < -0.39 is 0 Å². The highest BCUT2D eigenvalue weighted by atomic mass is 35.5. The Bertz CT molecular complexity index is 569. The Morgan fingerprint density at radius 3 is 2.60 bits per heavy atom. The Labute approximate surface area is 124 Å². The van der Waals surface area contributed by atoms with Crippen LogP contribution in [0.25, 0.3) is 0 Å². The summed E-state index contributed by atoms with van der Waals surface area (Å²) in [5.74, 6) is 1.49. The molecule has 2 rings (SSSR count). The number of nitrogens with zero attached hydrogens (tertiary/aromatic N) is 1. The fourth-order valence-corrected chi connectivity index (χ4v) is 2.05. The third-order valence-corrected chi connectivity index (χ3v) is 3.50. The van der Waals surface area contributed by atoms with Gasteiger partial charge in [0.05, 0.1) is 11.9 Å². The minimum Gasteiger partial charge on any atom is -0.456 e. The van der Waals surface area contributed by atoms with E-state index in [-0.39, 0.29) is 6.04 Å². The molecule has 0 saturated heterocycles. The summed E-state index contributed by atoms with van der Waals surface area (Å²) in [5.41, 5.74) is 2.00. The molecule has 1 unspecified atom stereocenters. The molecule has 0 amide bonds. The first kappa shape index (κ1) is 14.8.